The lowest BCUT2D eigenvalue weighted by Gasteiger charge is -2.25. The number of benzene rings is 2. The smallest absolute Gasteiger partial charge is 0.290 e. The summed E-state index contributed by atoms with van der Waals surface area (Å²) in [4.78, 5) is 30.6. The van der Waals surface area contributed by atoms with Crippen molar-refractivity contribution < 1.29 is 13.9 Å². The fourth-order valence-corrected chi connectivity index (χ4v) is 4.02. The van der Waals surface area contributed by atoms with E-state index >= 15 is 0 Å². The van der Waals surface area contributed by atoms with Crippen LogP contribution in [-0.4, -0.2) is 49.5 Å². The third kappa shape index (κ3) is 3.59. The second kappa shape index (κ2) is 8.32. The highest BCUT2D eigenvalue weighted by atomic mass is 16.5. The van der Waals surface area contributed by atoms with Gasteiger partial charge in [-0.15, -0.1) is 0 Å². The lowest BCUT2D eigenvalue weighted by Crippen LogP contribution is -2.32. The Bertz CT molecular complexity index is 1120. The molecule has 1 aliphatic heterocycles. The quantitative estimate of drug-likeness (QED) is 0.599. The molecule has 2 heterocycles. The molecule has 2 aromatic carbocycles. The summed E-state index contributed by atoms with van der Waals surface area (Å²) >= 11 is 0. The Labute approximate surface area is 175 Å². The van der Waals surface area contributed by atoms with Gasteiger partial charge in [-0.3, -0.25) is 9.59 Å². The van der Waals surface area contributed by atoms with Gasteiger partial charge in [-0.05, 0) is 51.7 Å². The van der Waals surface area contributed by atoms with E-state index in [9.17, 15) is 9.59 Å². The normalized spacial score (nSPS) is 15.8. The molecule has 0 radical (unpaired) electrons. The maximum atomic E-state index is 13.5. The number of carbonyl (C=O) groups is 1. The van der Waals surface area contributed by atoms with E-state index < -0.39 is 6.04 Å². The standard InChI is InChI=1S/C24H26N2O4/c1-4-29-17-11-12-18-19(15-17)30-23-20(22(18)27)21(16-9-6-5-7-10-16)26(24(23)28)14-8-13-25(2)3/h5-7,9-12,15,21H,4,8,13-14H2,1-3H3. The Morgan fingerprint density at radius 1 is 1.10 bits per heavy atom. The van der Waals surface area contributed by atoms with Crippen LogP contribution in [0.3, 0.4) is 0 Å². The van der Waals surface area contributed by atoms with E-state index in [2.05, 4.69) is 4.90 Å². The molecule has 1 atom stereocenters. The molecule has 0 aliphatic carbocycles. The largest absolute Gasteiger partial charge is 0.494 e. The van der Waals surface area contributed by atoms with Crippen LogP contribution < -0.4 is 10.2 Å². The molecule has 3 aromatic rings. The summed E-state index contributed by atoms with van der Waals surface area (Å²) in [6.07, 6.45) is 0.804. The van der Waals surface area contributed by atoms with Gasteiger partial charge in [0.05, 0.1) is 23.6 Å². The van der Waals surface area contributed by atoms with Gasteiger partial charge in [0.2, 0.25) is 5.76 Å². The molecule has 0 N–H and O–H groups in total. The number of hydrogen-bond acceptors (Lipinski definition) is 5. The van der Waals surface area contributed by atoms with Gasteiger partial charge in [-0.2, -0.15) is 0 Å². The van der Waals surface area contributed by atoms with Gasteiger partial charge >= 0.3 is 0 Å². The monoisotopic (exact) mass is 406 g/mol. The van der Waals surface area contributed by atoms with Gasteiger partial charge in [0.25, 0.3) is 5.91 Å². The molecule has 0 saturated heterocycles. The van der Waals surface area contributed by atoms with Crippen molar-refractivity contribution >= 4 is 16.9 Å². The fourth-order valence-electron chi connectivity index (χ4n) is 4.02. The highest BCUT2D eigenvalue weighted by Crippen LogP contribution is 2.38. The summed E-state index contributed by atoms with van der Waals surface area (Å²) in [5.74, 6) is 0.513. The molecule has 30 heavy (non-hydrogen) atoms. The highest BCUT2D eigenvalue weighted by Gasteiger charge is 2.42. The van der Waals surface area contributed by atoms with Crippen molar-refractivity contribution in [3.05, 3.63) is 75.6 Å². The SMILES string of the molecule is CCOc1ccc2c(=O)c3c(oc2c1)C(=O)N(CCCN(C)C)C3c1ccccc1. The molecular formula is C24H26N2O4. The molecule has 6 heteroatoms. The van der Waals surface area contributed by atoms with Crippen molar-refractivity contribution in [3.8, 4) is 5.75 Å². The van der Waals surface area contributed by atoms with Crippen molar-refractivity contribution in [3.63, 3.8) is 0 Å². The summed E-state index contributed by atoms with van der Waals surface area (Å²) in [6, 6.07) is 14.4. The maximum Gasteiger partial charge on any atom is 0.290 e. The zero-order valence-corrected chi connectivity index (χ0v) is 17.6. The molecule has 4 rings (SSSR count). The van der Waals surface area contributed by atoms with Crippen LogP contribution in [0.2, 0.25) is 0 Å². The number of hydrogen-bond donors (Lipinski definition) is 0. The third-order valence-corrected chi connectivity index (χ3v) is 5.37. The molecule has 0 bridgehead atoms. The first-order valence-corrected chi connectivity index (χ1v) is 10.3. The van der Waals surface area contributed by atoms with Crippen molar-refractivity contribution in [1.29, 1.82) is 0 Å². The number of carbonyl (C=O) groups excluding carboxylic acids is 1. The van der Waals surface area contributed by atoms with Crippen LogP contribution in [-0.2, 0) is 0 Å². The van der Waals surface area contributed by atoms with Crippen LogP contribution in [0.4, 0.5) is 0 Å². The first-order valence-electron chi connectivity index (χ1n) is 10.3. The Hall–Kier alpha value is -3.12. The second-order valence-electron chi connectivity index (χ2n) is 7.73. The zero-order valence-electron chi connectivity index (χ0n) is 17.6. The summed E-state index contributed by atoms with van der Waals surface area (Å²) in [5.41, 5.74) is 1.55. The predicted molar refractivity (Wildman–Crippen MR) is 116 cm³/mol. The van der Waals surface area contributed by atoms with Crippen LogP contribution >= 0.6 is 0 Å². The molecule has 1 amide bonds. The first-order chi connectivity index (χ1) is 14.5. The summed E-state index contributed by atoms with van der Waals surface area (Å²) in [7, 11) is 4.01. The van der Waals surface area contributed by atoms with E-state index in [4.69, 9.17) is 9.15 Å². The Kier molecular flexibility index (Phi) is 5.59. The van der Waals surface area contributed by atoms with Crippen molar-refractivity contribution in [2.75, 3.05) is 33.8 Å². The minimum absolute atomic E-state index is 0.139. The molecule has 6 nitrogen and oxygen atoms in total. The van der Waals surface area contributed by atoms with E-state index in [1.54, 1.807) is 23.1 Å². The number of rotatable bonds is 7. The summed E-state index contributed by atoms with van der Waals surface area (Å²) in [6.45, 7) is 3.79. The molecule has 0 saturated carbocycles. The van der Waals surface area contributed by atoms with Gasteiger partial charge in [-0.25, -0.2) is 0 Å². The Morgan fingerprint density at radius 2 is 1.87 bits per heavy atom. The van der Waals surface area contributed by atoms with Crippen molar-refractivity contribution in [2.45, 2.75) is 19.4 Å². The van der Waals surface area contributed by atoms with Crippen LogP contribution in [0.1, 0.15) is 41.1 Å². The fraction of sp³-hybridized carbons (Fsp3) is 0.333. The molecule has 1 unspecified atom stereocenters. The predicted octanol–water partition coefficient (Wildman–Crippen LogP) is 3.69. The average molecular weight is 406 g/mol. The minimum atomic E-state index is -0.442. The van der Waals surface area contributed by atoms with Crippen LogP contribution in [0.5, 0.6) is 5.75 Å². The number of amides is 1. The van der Waals surface area contributed by atoms with E-state index in [0.29, 0.717) is 35.4 Å². The zero-order chi connectivity index (χ0) is 21.3. The van der Waals surface area contributed by atoms with Crippen LogP contribution in [0.15, 0.2) is 57.7 Å². The van der Waals surface area contributed by atoms with E-state index in [1.807, 2.05) is 51.4 Å². The van der Waals surface area contributed by atoms with Gasteiger partial charge in [-0.1, -0.05) is 30.3 Å². The van der Waals surface area contributed by atoms with Crippen molar-refractivity contribution in [1.82, 2.24) is 9.80 Å². The van der Waals surface area contributed by atoms with Crippen LogP contribution in [0.25, 0.3) is 11.0 Å². The van der Waals surface area contributed by atoms with E-state index in [0.717, 1.165) is 18.5 Å². The Morgan fingerprint density at radius 3 is 2.57 bits per heavy atom. The molecule has 0 spiro atoms. The van der Waals surface area contributed by atoms with Gasteiger partial charge in [0, 0.05) is 12.6 Å². The first kappa shape index (κ1) is 20.2. The highest BCUT2D eigenvalue weighted by molar-refractivity contribution is 5.99. The summed E-state index contributed by atoms with van der Waals surface area (Å²) in [5, 5.41) is 0.459. The number of nitrogens with zero attached hydrogens (tertiary/aromatic N) is 2. The van der Waals surface area contributed by atoms with E-state index in [1.165, 1.54) is 0 Å². The lowest BCUT2D eigenvalue weighted by atomic mass is 9.98. The average Bonchev–Trinajstić information content (AvgIpc) is 3.01. The van der Waals surface area contributed by atoms with Gasteiger partial charge < -0.3 is 19.0 Å². The van der Waals surface area contributed by atoms with Crippen LogP contribution in [0, 0.1) is 0 Å². The molecule has 1 aliphatic rings. The maximum absolute atomic E-state index is 13.5. The molecule has 0 fully saturated rings. The third-order valence-electron chi connectivity index (χ3n) is 5.37. The minimum Gasteiger partial charge on any atom is -0.494 e. The second-order valence-corrected chi connectivity index (χ2v) is 7.73. The number of ether oxygens (including phenoxy) is 1. The van der Waals surface area contributed by atoms with Crippen molar-refractivity contribution in [2.24, 2.45) is 0 Å². The summed E-state index contributed by atoms with van der Waals surface area (Å²) < 4.78 is 11.5. The molecule has 156 valence electrons. The Balaban J connectivity index is 1.84. The molecular weight excluding hydrogens is 380 g/mol. The lowest BCUT2D eigenvalue weighted by molar-refractivity contribution is 0.0722. The van der Waals surface area contributed by atoms with E-state index in [-0.39, 0.29) is 17.1 Å². The molecule has 1 aromatic heterocycles. The topological polar surface area (TPSA) is 63.0 Å². The van der Waals surface area contributed by atoms with Gasteiger partial charge in [0.15, 0.2) is 5.43 Å². The number of fused-ring (bicyclic) bond motifs is 2. The van der Waals surface area contributed by atoms with Gasteiger partial charge in [0.1, 0.15) is 11.3 Å².